The normalized spacial score (nSPS) is 14.2. The number of imide groups is 1. The number of fused-ring (bicyclic) bond motifs is 3. The molecule has 74 heavy (non-hydrogen) atoms. The van der Waals surface area contributed by atoms with E-state index in [0.717, 1.165) is 35.0 Å². The van der Waals surface area contributed by atoms with E-state index in [1.54, 1.807) is 47.4 Å². The Hall–Kier alpha value is -6.83. The number of ether oxygens (including phenoxy) is 3. The molecule has 1 unspecified atom stereocenters. The largest absolute Gasteiger partial charge is 0.508 e. The van der Waals surface area contributed by atoms with E-state index in [-0.39, 0.29) is 72.5 Å². The lowest BCUT2D eigenvalue weighted by Gasteiger charge is -2.32. The van der Waals surface area contributed by atoms with Gasteiger partial charge in [0.2, 0.25) is 18.3 Å². The molecule has 5 aromatic carbocycles. The van der Waals surface area contributed by atoms with Crippen LogP contribution < -0.4 is 36.2 Å². The van der Waals surface area contributed by atoms with Crippen molar-refractivity contribution < 1.29 is 42.9 Å². The molecule has 2 aliphatic rings. The van der Waals surface area contributed by atoms with Crippen molar-refractivity contribution in [3.63, 3.8) is 0 Å². The van der Waals surface area contributed by atoms with Crippen molar-refractivity contribution in [2.75, 3.05) is 68.1 Å². The molecule has 2 aliphatic heterocycles. The van der Waals surface area contributed by atoms with E-state index in [1.807, 2.05) is 65.0 Å². The molecule has 1 saturated heterocycles. The highest BCUT2D eigenvalue weighted by molar-refractivity contribution is 6.35. The second-order valence-corrected chi connectivity index (χ2v) is 20.5. The summed E-state index contributed by atoms with van der Waals surface area (Å²) in [5, 5.41) is 27.4. The maximum Gasteiger partial charge on any atom is 0.319 e. The fourth-order valence-corrected chi connectivity index (χ4v) is 9.42. The topological polar surface area (TPSA) is 209 Å². The number of hydrogen-bond donors (Lipinski definition) is 6. The first-order chi connectivity index (χ1) is 35.4. The van der Waals surface area contributed by atoms with Gasteiger partial charge in [-0.25, -0.2) is 14.2 Å². The molecule has 0 saturated carbocycles. The van der Waals surface area contributed by atoms with Gasteiger partial charge in [-0.1, -0.05) is 59.6 Å². The zero-order valence-electron chi connectivity index (χ0n) is 41.9. The molecule has 1 atom stereocenters. The van der Waals surface area contributed by atoms with Crippen molar-refractivity contribution in [3.8, 4) is 22.6 Å². The fourth-order valence-electron chi connectivity index (χ4n) is 8.90. The van der Waals surface area contributed by atoms with E-state index in [9.17, 15) is 24.3 Å². The van der Waals surface area contributed by atoms with Crippen LogP contribution in [0.15, 0.2) is 78.9 Å². The number of anilines is 3. The van der Waals surface area contributed by atoms with Gasteiger partial charge in [0.15, 0.2) is 5.82 Å². The molecule has 5 amide bonds. The number of carbonyl (C=O) groups is 4. The average molecular weight is 1050 g/mol. The summed E-state index contributed by atoms with van der Waals surface area (Å²) in [6.45, 7) is 13.7. The van der Waals surface area contributed by atoms with Crippen LogP contribution in [0.4, 0.5) is 26.6 Å². The summed E-state index contributed by atoms with van der Waals surface area (Å²) in [6.07, 6.45) is 0.870. The predicted molar refractivity (Wildman–Crippen MR) is 285 cm³/mol. The van der Waals surface area contributed by atoms with Crippen LogP contribution in [-0.2, 0) is 32.2 Å². The van der Waals surface area contributed by atoms with Gasteiger partial charge in [-0.3, -0.25) is 19.7 Å². The second-order valence-electron chi connectivity index (χ2n) is 19.6. The number of nitrogens with one attached hydrogen (secondary N) is 5. The Bertz CT molecular complexity index is 3080. The third-order valence-corrected chi connectivity index (χ3v) is 13.3. The number of urea groups is 1. The van der Waals surface area contributed by atoms with Gasteiger partial charge in [0.25, 0.3) is 5.91 Å². The highest BCUT2D eigenvalue weighted by Gasteiger charge is 2.32. The molecule has 6 aromatic rings. The second kappa shape index (κ2) is 23.2. The predicted octanol–water partition coefficient (Wildman–Crippen LogP) is 8.81. The molecule has 0 aliphatic carbocycles. The van der Waals surface area contributed by atoms with Gasteiger partial charge in [0.05, 0.1) is 29.4 Å². The minimum Gasteiger partial charge on any atom is -0.508 e. The third-order valence-electron chi connectivity index (χ3n) is 12.8. The highest BCUT2D eigenvalue weighted by atomic mass is 35.5. The number of rotatable bonds is 21. The first-order valence-corrected chi connectivity index (χ1v) is 25.2. The zero-order valence-corrected chi connectivity index (χ0v) is 43.4. The van der Waals surface area contributed by atoms with Crippen molar-refractivity contribution in [1.29, 1.82) is 0 Å². The van der Waals surface area contributed by atoms with Crippen LogP contribution in [0.3, 0.4) is 0 Å². The molecule has 1 fully saturated rings. The minimum absolute atomic E-state index is 0.0101. The molecule has 390 valence electrons. The van der Waals surface area contributed by atoms with Crippen LogP contribution in [0, 0.1) is 5.82 Å². The van der Waals surface area contributed by atoms with Crippen molar-refractivity contribution >= 4 is 86.6 Å². The average Bonchev–Trinajstić information content (AvgIpc) is 3.70. The van der Waals surface area contributed by atoms with Gasteiger partial charge in [0, 0.05) is 91.6 Å². The summed E-state index contributed by atoms with van der Waals surface area (Å²) in [5.74, 6) is 0.0449. The lowest BCUT2D eigenvalue weighted by molar-refractivity contribution is -0.127. The van der Waals surface area contributed by atoms with Gasteiger partial charge in [-0.05, 0) is 105 Å². The molecule has 0 bridgehead atoms. The maximum atomic E-state index is 16.9. The molecule has 6 N–H and O–H groups in total. The van der Waals surface area contributed by atoms with E-state index >= 15 is 4.39 Å². The van der Waals surface area contributed by atoms with Crippen LogP contribution in [0.2, 0.25) is 10.0 Å². The van der Waals surface area contributed by atoms with E-state index in [0.29, 0.717) is 77.8 Å². The number of aromatic hydroxyl groups is 1. The van der Waals surface area contributed by atoms with E-state index < -0.39 is 29.0 Å². The Morgan fingerprint density at radius 1 is 0.932 bits per heavy atom. The fraction of sp³-hybridized carbons (Fsp3) is 0.370. The Kier molecular flexibility index (Phi) is 16.7. The number of carbonyl (C=O) groups excluding carboxylic acids is 4. The van der Waals surface area contributed by atoms with Crippen molar-refractivity contribution in [2.45, 2.75) is 77.8 Å². The summed E-state index contributed by atoms with van der Waals surface area (Å²) in [6, 6.07) is 21.9. The lowest BCUT2D eigenvalue weighted by Crippen LogP contribution is -2.44. The molecule has 0 radical (unpaired) electrons. The molecular weight excluding hydrogens is 993 g/mol. The standard InChI is InChI=1S/C54H60Cl2FN9O8/c1-32(10-13-45(69)61-31-67)66-28-35-20-33(11-12-41(35)50(66)70)27-60-52(71)62-37-22-36(55)23-39(24-37)72-29-53(2,3)74-30-54(4,5)73-19-16-59-51-63-48-43(49(64-51)65-17-14-58-15-18-65)26-44(56)46(47(48)57)42-25-38(68)21-34-8-6-7-9-40(34)42/h6-9,11-12,20-26,31-32,58,68H,10,13-19,27-30H2,1-5H3,(H,59,63,64)(H2,60,62,71)(H,61,67,69). The SMILES string of the molecule is CC(CCC(=O)NC=O)N1Cc2cc(CNC(=O)Nc3cc(Cl)cc(OCC(C)(C)OCC(C)(C)OCCNc4nc(N5CCNCC5)c5cc(Cl)c(-c6cc(O)cc7ccccc67)c(F)c5n4)c3)ccc2C1=O. The lowest BCUT2D eigenvalue weighted by atomic mass is 9.96. The van der Waals surface area contributed by atoms with Crippen molar-refractivity contribution in [1.82, 2.24) is 30.8 Å². The van der Waals surface area contributed by atoms with Gasteiger partial charge in [-0.15, -0.1) is 0 Å². The summed E-state index contributed by atoms with van der Waals surface area (Å²) >= 11 is 13.3. The number of aromatic nitrogens is 2. The number of amides is 5. The number of hydrogen-bond acceptors (Lipinski definition) is 13. The van der Waals surface area contributed by atoms with E-state index in [1.165, 1.54) is 6.07 Å². The number of phenolic OH excluding ortho intramolecular Hbond substituents is 1. The van der Waals surface area contributed by atoms with Gasteiger partial charge in [-0.2, -0.15) is 4.98 Å². The number of nitrogens with zero attached hydrogens (tertiary/aromatic N) is 4. The van der Waals surface area contributed by atoms with Crippen LogP contribution in [-0.4, -0.2) is 114 Å². The number of benzene rings is 5. The van der Waals surface area contributed by atoms with Crippen molar-refractivity contribution in [3.05, 3.63) is 111 Å². The number of phenols is 1. The van der Waals surface area contributed by atoms with Gasteiger partial charge in [0.1, 0.15) is 29.4 Å². The summed E-state index contributed by atoms with van der Waals surface area (Å²) in [5.41, 5.74) is 1.79. The van der Waals surface area contributed by atoms with E-state index in [4.69, 9.17) is 42.4 Å². The van der Waals surface area contributed by atoms with Crippen molar-refractivity contribution in [2.24, 2.45) is 0 Å². The Morgan fingerprint density at radius 3 is 2.49 bits per heavy atom. The molecular formula is C54H60Cl2FN9O8. The molecule has 0 spiro atoms. The Morgan fingerprint density at radius 2 is 1.70 bits per heavy atom. The van der Waals surface area contributed by atoms with Gasteiger partial charge >= 0.3 is 6.03 Å². The molecule has 1 aromatic heterocycles. The highest BCUT2D eigenvalue weighted by Crippen LogP contribution is 2.42. The smallest absolute Gasteiger partial charge is 0.319 e. The number of halogens is 3. The minimum atomic E-state index is -0.773. The first-order valence-electron chi connectivity index (χ1n) is 24.4. The monoisotopic (exact) mass is 1050 g/mol. The quantitative estimate of drug-likeness (QED) is 0.0295. The zero-order chi connectivity index (χ0) is 52.7. The molecule has 20 heteroatoms. The van der Waals surface area contributed by atoms with Gasteiger partial charge < -0.3 is 50.4 Å². The van der Waals surface area contributed by atoms with Crippen LogP contribution in [0.25, 0.3) is 32.8 Å². The molecule has 17 nitrogen and oxygen atoms in total. The first kappa shape index (κ1) is 53.5. The summed E-state index contributed by atoms with van der Waals surface area (Å²) in [7, 11) is 0. The Labute approximate surface area is 438 Å². The van der Waals surface area contributed by atoms with E-state index in [2.05, 4.69) is 36.5 Å². The van der Waals surface area contributed by atoms with Crippen LogP contribution >= 0.6 is 23.2 Å². The molecule has 8 rings (SSSR count). The maximum absolute atomic E-state index is 16.9. The summed E-state index contributed by atoms with van der Waals surface area (Å²) in [4.78, 5) is 61.7. The molecule has 3 heterocycles. The van der Waals surface area contributed by atoms with Crippen LogP contribution in [0.5, 0.6) is 11.5 Å². The Balaban J connectivity index is 0.826. The number of piperazine rings is 1. The van der Waals surface area contributed by atoms with Crippen LogP contribution in [0.1, 0.15) is 68.9 Å². The summed E-state index contributed by atoms with van der Waals surface area (Å²) < 4.78 is 35.6. The third kappa shape index (κ3) is 13.1.